The maximum absolute atomic E-state index is 12.1. The van der Waals surface area contributed by atoms with Gasteiger partial charge in [0.15, 0.2) is 16.8 Å². The summed E-state index contributed by atoms with van der Waals surface area (Å²) in [6.45, 7) is 2.14. The Morgan fingerprint density at radius 1 is 1.39 bits per heavy atom. The van der Waals surface area contributed by atoms with Crippen LogP contribution in [0, 0.1) is 0 Å². The Kier molecular flexibility index (Phi) is 2.44. The first kappa shape index (κ1) is 11.3. The molecule has 1 aromatic heterocycles. The fourth-order valence-corrected chi connectivity index (χ4v) is 2.50. The summed E-state index contributed by atoms with van der Waals surface area (Å²) in [5.41, 5.74) is 0.681. The summed E-state index contributed by atoms with van der Waals surface area (Å²) in [6, 6.07) is 7.06. The molecule has 0 amide bonds. The van der Waals surface area contributed by atoms with Gasteiger partial charge in [0.2, 0.25) is 0 Å². The van der Waals surface area contributed by atoms with Crippen LogP contribution in [0.4, 0.5) is 0 Å². The molecule has 0 saturated heterocycles. The maximum atomic E-state index is 12.1. The molecule has 1 aliphatic carbocycles. The minimum absolute atomic E-state index is 0.0184. The van der Waals surface area contributed by atoms with Gasteiger partial charge in [-0.25, -0.2) is 0 Å². The standard InChI is InChI=1S/C15H16O3/c1-3-15(7-8-15)13-9-11(16)10-5-4-6-12(17-2)14(10)18-13/h4-6,9H,3,7-8H2,1-2H3. The molecule has 0 unspecified atom stereocenters. The van der Waals surface area contributed by atoms with Crippen LogP contribution in [0.5, 0.6) is 5.75 Å². The van der Waals surface area contributed by atoms with Crippen LogP contribution in [0.3, 0.4) is 0 Å². The van der Waals surface area contributed by atoms with Gasteiger partial charge in [-0.2, -0.15) is 0 Å². The lowest BCUT2D eigenvalue weighted by Crippen LogP contribution is -2.10. The number of rotatable bonds is 3. The largest absolute Gasteiger partial charge is 0.493 e. The average Bonchev–Trinajstić information content (AvgIpc) is 3.19. The van der Waals surface area contributed by atoms with Crippen molar-refractivity contribution in [3.63, 3.8) is 0 Å². The van der Waals surface area contributed by atoms with E-state index < -0.39 is 0 Å². The van der Waals surface area contributed by atoms with Crippen molar-refractivity contribution in [2.24, 2.45) is 0 Å². The van der Waals surface area contributed by atoms with Crippen LogP contribution in [-0.2, 0) is 5.41 Å². The van der Waals surface area contributed by atoms with Crippen molar-refractivity contribution in [2.45, 2.75) is 31.6 Å². The van der Waals surface area contributed by atoms with E-state index in [0.29, 0.717) is 16.7 Å². The van der Waals surface area contributed by atoms with Crippen LogP contribution in [0.25, 0.3) is 11.0 Å². The Morgan fingerprint density at radius 3 is 2.78 bits per heavy atom. The highest BCUT2D eigenvalue weighted by Crippen LogP contribution is 2.51. The van der Waals surface area contributed by atoms with Gasteiger partial charge in [-0.3, -0.25) is 4.79 Å². The van der Waals surface area contributed by atoms with E-state index in [0.717, 1.165) is 25.0 Å². The predicted molar refractivity (Wildman–Crippen MR) is 70.2 cm³/mol. The van der Waals surface area contributed by atoms with Gasteiger partial charge < -0.3 is 9.15 Å². The van der Waals surface area contributed by atoms with Crippen molar-refractivity contribution in [1.82, 2.24) is 0 Å². The molecule has 1 saturated carbocycles. The summed E-state index contributed by atoms with van der Waals surface area (Å²) < 4.78 is 11.2. The first-order chi connectivity index (χ1) is 8.70. The van der Waals surface area contributed by atoms with E-state index in [1.165, 1.54) is 0 Å². The van der Waals surface area contributed by atoms with Gasteiger partial charge in [-0.05, 0) is 31.4 Å². The maximum Gasteiger partial charge on any atom is 0.193 e. The molecule has 2 aromatic rings. The second kappa shape index (κ2) is 3.87. The van der Waals surface area contributed by atoms with Crippen molar-refractivity contribution in [3.8, 4) is 5.75 Å². The fourth-order valence-electron chi connectivity index (χ4n) is 2.50. The zero-order chi connectivity index (χ0) is 12.8. The minimum atomic E-state index is 0.0184. The lowest BCUT2D eigenvalue weighted by molar-refractivity contribution is 0.397. The molecule has 18 heavy (non-hydrogen) atoms. The van der Waals surface area contributed by atoms with Gasteiger partial charge in [0.05, 0.1) is 12.5 Å². The van der Waals surface area contributed by atoms with Gasteiger partial charge in [-0.1, -0.05) is 13.0 Å². The Morgan fingerprint density at radius 2 is 2.17 bits per heavy atom. The van der Waals surface area contributed by atoms with Crippen molar-refractivity contribution in [3.05, 3.63) is 40.2 Å². The Labute approximate surface area is 105 Å². The van der Waals surface area contributed by atoms with E-state index in [-0.39, 0.29) is 10.8 Å². The third-order valence-electron chi connectivity index (χ3n) is 3.99. The highest BCUT2D eigenvalue weighted by Gasteiger charge is 2.45. The zero-order valence-electron chi connectivity index (χ0n) is 10.7. The monoisotopic (exact) mass is 244 g/mol. The van der Waals surface area contributed by atoms with Crippen molar-refractivity contribution < 1.29 is 9.15 Å². The predicted octanol–water partition coefficient (Wildman–Crippen LogP) is 3.24. The summed E-state index contributed by atoms with van der Waals surface area (Å²) in [5.74, 6) is 1.44. The van der Waals surface area contributed by atoms with Crippen molar-refractivity contribution in [2.75, 3.05) is 7.11 Å². The van der Waals surface area contributed by atoms with Crippen LogP contribution in [-0.4, -0.2) is 7.11 Å². The van der Waals surface area contributed by atoms with Gasteiger partial charge in [0.25, 0.3) is 0 Å². The van der Waals surface area contributed by atoms with E-state index in [9.17, 15) is 4.79 Å². The summed E-state index contributed by atoms with van der Waals surface area (Å²) in [6.07, 6.45) is 3.22. The molecule has 1 heterocycles. The molecule has 0 bridgehead atoms. The Bertz CT molecular complexity index is 650. The van der Waals surface area contributed by atoms with Gasteiger partial charge in [0.1, 0.15) is 5.76 Å². The summed E-state index contributed by atoms with van der Waals surface area (Å²) in [5, 5.41) is 0.588. The zero-order valence-corrected chi connectivity index (χ0v) is 10.7. The number of fused-ring (bicyclic) bond motifs is 1. The van der Waals surface area contributed by atoms with Crippen molar-refractivity contribution in [1.29, 1.82) is 0 Å². The molecule has 3 nitrogen and oxygen atoms in total. The Hall–Kier alpha value is -1.77. The SMILES string of the molecule is CCC1(c2cc(=O)c3cccc(OC)c3o2)CC1. The lowest BCUT2D eigenvalue weighted by Gasteiger charge is -2.12. The summed E-state index contributed by atoms with van der Waals surface area (Å²) in [7, 11) is 1.59. The third-order valence-corrected chi connectivity index (χ3v) is 3.99. The smallest absolute Gasteiger partial charge is 0.193 e. The summed E-state index contributed by atoms with van der Waals surface area (Å²) in [4.78, 5) is 12.1. The molecule has 1 fully saturated rings. The molecule has 0 spiro atoms. The number of ether oxygens (including phenoxy) is 1. The molecule has 0 atom stereocenters. The van der Waals surface area contributed by atoms with Crippen LogP contribution >= 0.6 is 0 Å². The number of methoxy groups -OCH3 is 1. The number of para-hydroxylation sites is 1. The molecule has 94 valence electrons. The molecule has 1 aliphatic rings. The fraction of sp³-hybridized carbons (Fsp3) is 0.400. The second-order valence-electron chi connectivity index (χ2n) is 4.95. The van der Waals surface area contributed by atoms with E-state index in [1.54, 1.807) is 19.2 Å². The Balaban J connectivity index is 2.29. The lowest BCUT2D eigenvalue weighted by atomic mass is 9.99. The van der Waals surface area contributed by atoms with Gasteiger partial charge >= 0.3 is 0 Å². The third kappa shape index (κ3) is 1.54. The van der Waals surface area contributed by atoms with E-state index in [2.05, 4.69) is 6.92 Å². The first-order valence-corrected chi connectivity index (χ1v) is 6.31. The molecule has 0 N–H and O–H groups in total. The number of benzene rings is 1. The molecular formula is C15H16O3. The summed E-state index contributed by atoms with van der Waals surface area (Å²) >= 11 is 0. The highest BCUT2D eigenvalue weighted by atomic mass is 16.5. The quantitative estimate of drug-likeness (QED) is 0.832. The van der Waals surface area contributed by atoms with Gasteiger partial charge in [0, 0.05) is 11.5 Å². The molecule has 0 aliphatic heterocycles. The normalized spacial score (nSPS) is 16.8. The van der Waals surface area contributed by atoms with E-state index >= 15 is 0 Å². The van der Waals surface area contributed by atoms with Crippen molar-refractivity contribution >= 4 is 11.0 Å². The molecular weight excluding hydrogens is 228 g/mol. The minimum Gasteiger partial charge on any atom is -0.493 e. The average molecular weight is 244 g/mol. The molecule has 1 aromatic carbocycles. The van der Waals surface area contributed by atoms with Crippen LogP contribution in [0.2, 0.25) is 0 Å². The van der Waals surface area contributed by atoms with Crippen LogP contribution in [0.1, 0.15) is 31.9 Å². The van der Waals surface area contributed by atoms with Gasteiger partial charge in [-0.15, -0.1) is 0 Å². The molecule has 3 heteroatoms. The highest BCUT2D eigenvalue weighted by molar-refractivity contribution is 5.82. The van der Waals surface area contributed by atoms with Crippen LogP contribution in [0.15, 0.2) is 33.5 Å². The topological polar surface area (TPSA) is 39.4 Å². The molecule has 0 radical (unpaired) electrons. The second-order valence-corrected chi connectivity index (χ2v) is 4.95. The van der Waals surface area contributed by atoms with Crippen LogP contribution < -0.4 is 10.2 Å². The number of hydrogen-bond donors (Lipinski definition) is 0. The van der Waals surface area contributed by atoms with E-state index in [4.69, 9.17) is 9.15 Å². The molecule has 3 rings (SSSR count). The first-order valence-electron chi connectivity index (χ1n) is 6.31. The number of hydrogen-bond acceptors (Lipinski definition) is 3. The van der Waals surface area contributed by atoms with E-state index in [1.807, 2.05) is 12.1 Å².